The maximum Gasteiger partial charge on any atom is 0.240 e. The minimum atomic E-state index is -0.320. The highest BCUT2D eigenvalue weighted by Gasteiger charge is 2.07. The van der Waals surface area contributed by atoms with E-state index in [4.69, 9.17) is 0 Å². The van der Waals surface area contributed by atoms with Gasteiger partial charge in [0.15, 0.2) is 0 Å². The summed E-state index contributed by atoms with van der Waals surface area (Å²) in [6.45, 7) is 0. The summed E-state index contributed by atoms with van der Waals surface area (Å²) in [6, 6.07) is 7.47. The van der Waals surface area contributed by atoms with Crippen molar-refractivity contribution in [3.05, 3.63) is 48.5 Å². The second-order valence-electron chi connectivity index (χ2n) is 3.63. The van der Waals surface area contributed by atoms with Gasteiger partial charge in [0.25, 0.3) is 0 Å². The van der Waals surface area contributed by atoms with Gasteiger partial charge in [-0.3, -0.25) is 0 Å². The normalized spacial score (nSPS) is 10.4. The van der Waals surface area contributed by atoms with E-state index in [9.17, 15) is 4.39 Å². The molecule has 0 atom stereocenters. The Bertz CT molecular complexity index is 669. The lowest BCUT2D eigenvalue weighted by molar-refractivity contribution is 0.628. The van der Waals surface area contributed by atoms with E-state index in [1.807, 2.05) is 0 Å². The molecule has 0 saturated heterocycles. The highest BCUT2D eigenvalue weighted by molar-refractivity contribution is 5.53. The molecule has 7 heteroatoms. The molecule has 3 rings (SSSR count). The van der Waals surface area contributed by atoms with Crippen molar-refractivity contribution in [2.24, 2.45) is 0 Å². The maximum atomic E-state index is 12.8. The highest BCUT2D eigenvalue weighted by atomic mass is 19.1. The van der Waals surface area contributed by atoms with Gasteiger partial charge in [-0.15, -0.1) is 20.4 Å². The smallest absolute Gasteiger partial charge is 0.234 e. The molecule has 0 spiro atoms. The van der Waals surface area contributed by atoms with Crippen molar-refractivity contribution in [3.63, 3.8) is 0 Å². The molecule has 1 aromatic carbocycles. The summed E-state index contributed by atoms with van der Waals surface area (Å²) in [5, 5.41) is 15.7. The third-order valence-corrected chi connectivity index (χ3v) is 2.35. The standard InChI is InChI=1S/C12H7FN6/c13-9-4-2-8(3-5-9)10-16-18-12(19-17-10)11-14-6-1-7-15-11/h1-7H. The van der Waals surface area contributed by atoms with E-state index in [0.29, 0.717) is 17.2 Å². The fraction of sp³-hybridized carbons (Fsp3) is 0. The molecule has 0 saturated carbocycles. The van der Waals surface area contributed by atoms with Gasteiger partial charge in [-0.25, -0.2) is 14.4 Å². The van der Waals surface area contributed by atoms with Gasteiger partial charge in [0.1, 0.15) is 5.82 Å². The lowest BCUT2D eigenvalue weighted by atomic mass is 10.2. The lowest BCUT2D eigenvalue weighted by Gasteiger charge is -1.99. The predicted octanol–water partition coefficient (Wildman–Crippen LogP) is 1.53. The Hall–Kier alpha value is -2.83. The van der Waals surface area contributed by atoms with Crippen molar-refractivity contribution < 1.29 is 4.39 Å². The van der Waals surface area contributed by atoms with Gasteiger partial charge < -0.3 is 0 Å². The van der Waals surface area contributed by atoms with Crippen LogP contribution in [0.2, 0.25) is 0 Å². The van der Waals surface area contributed by atoms with Crippen LogP contribution in [0.1, 0.15) is 0 Å². The van der Waals surface area contributed by atoms with E-state index in [0.717, 1.165) is 0 Å². The highest BCUT2D eigenvalue weighted by Crippen LogP contribution is 2.14. The molecule has 6 nitrogen and oxygen atoms in total. The van der Waals surface area contributed by atoms with Gasteiger partial charge in [0, 0.05) is 18.0 Å². The molecular formula is C12H7FN6. The van der Waals surface area contributed by atoms with E-state index >= 15 is 0 Å². The van der Waals surface area contributed by atoms with Crippen LogP contribution in [-0.4, -0.2) is 30.4 Å². The second-order valence-corrected chi connectivity index (χ2v) is 3.63. The first-order valence-corrected chi connectivity index (χ1v) is 5.44. The van der Waals surface area contributed by atoms with Crippen molar-refractivity contribution in [2.45, 2.75) is 0 Å². The summed E-state index contributed by atoms with van der Waals surface area (Å²) in [6.07, 6.45) is 3.17. The van der Waals surface area contributed by atoms with E-state index in [1.54, 1.807) is 30.6 Å². The van der Waals surface area contributed by atoms with Crippen LogP contribution in [0.15, 0.2) is 42.7 Å². The average Bonchev–Trinajstić information content (AvgIpc) is 2.49. The zero-order valence-electron chi connectivity index (χ0n) is 9.60. The zero-order valence-corrected chi connectivity index (χ0v) is 9.60. The van der Waals surface area contributed by atoms with Gasteiger partial charge in [0.05, 0.1) is 0 Å². The summed E-state index contributed by atoms with van der Waals surface area (Å²) in [7, 11) is 0. The zero-order chi connectivity index (χ0) is 13.1. The monoisotopic (exact) mass is 254 g/mol. The SMILES string of the molecule is Fc1ccc(-c2nnc(-c3ncccn3)nn2)cc1. The number of benzene rings is 1. The van der Waals surface area contributed by atoms with Crippen LogP contribution >= 0.6 is 0 Å². The van der Waals surface area contributed by atoms with Gasteiger partial charge in [-0.1, -0.05) is 0 Å². The van der Waals surface area contributed by atoms with Gasteiger partial charge >= 0.3 is 0 Å². The van der Waals surface area contributed by atoms with Crippen molar-refractivity contribution in [1.29, 1.82) is 0 Å². The van der Waals surface area contributed by atoms with Gasteiger partial charge in [0.2, 0.25) is 17.5 Å². The maximum absolute atomic E-state index is 12.8. The van der Waals surface area contributed by atoms with Crippen LogP contribution in [0.3, 0.4) is 0 Å². The molecule has 0 radical (unpaired) electrons. The molecule has 2 heterocycles. The topological polar surface area (TPSA) is 77.3 Å². The van der Waals surface area contributed by atoms with Crippen molar-refractivity contribution in [2.75, 3.05) is 0 Å². The average molecular weight is 254 g/mol. The largest absolute Gasteiger partial charge is 0.240 e. The third-order valence-electron chi connectivity index (χ3n) is 2.35. The quantitative estimate of drug-likeness (QED) is 0.690. The molecule has 0 aliphatic rings. The molecule has 0 fully saturated rings. The van der Waals surface area contributed by atoms with Gasteiger partial charge in [-0.2, -0.15) is 0 Å². The van der Waals surface area contributed by atoms with Crippen molar-refractivity contribution in [1.82, 2.24) is 30.4 Å². The lowest BCUT2D eigenvalue weighted by Crippen LogP contribution is -2.01. The Morgan fingerprint density at radius 1 is 0.684 bits per heavy atom. The van der Waals surface area contributed by atoms with E-state index < -0.39 is 0 Å². The van der Waals surface area contributed by atoms with Crippen LogP contribution in [-0.2, 0) is 0 Å². The molecule has 2 aromatic heterocycles. The summed E-state index contributed by atoms with van der Waals surface area (Å²) in [5.74, 6) is 0.596. The molecule has 0 amide bonds. The molecule has 19 heavy (non-hydrogen) atoms. The van der Waals surface area contributed by atoms with E-state index in [-0.39, 0.29) is 11.6 Å². The van der Waals surface area contributed by atoms with E-state index in [2.05, 4.69) is 30.4 Å². The fourth-order valence-electron chi connectivity index (χ4n) is 1.45. The molecule has 0 aliphatic carbocycles. The predicted molar refractivity (Wildman–Crippen MR) is 64.0 cm³/mol. The molecule has 0 aliphatic heterocycles. The second kappa shape index (κ2) is 4.81. The Labute approximate surface area is 107 Å². The number of hydrogen-bond donors (Lipinski definition) is 0. The molecular weight excluding hydrogens is 247 g/mol. The Morgan fingerprint density at radius 3 is 1.89 bits per heavy atom. The van der Waals surface area contributed by atoms with Crippen molar-refractivity contribution >= 4 is 0 Å². The Kier molecular flexibility index (Phi) is 2.85. The van der Waals surface area contributed by atoms with Crippen LogP contribution in [0, 0.1) is 5.82 Å². The first kappa shape index (κ1) is 11.3. The number of nitrogens with zero attached hydrogens (tertiary/aromatic N) is 6. The van der Waals surface area contributed by atoms with E-state index in [1.165, 1.54) is 12.1 Å². The number of halogens is 1. The molecule has 0 unspecified atom stereocenters. The van der Waals surface area contributed by atoms with Crippen molar-refractivity contribution in [3.8, 4) is 23.0 Å². The Morgan fingerprint density at radius 2 is 1.26 bits per heavy atom. The molecule has 0 bridgehead atoms. The molecule has 0 N–H and O–H groups in total. The summed E-state index contributed by atoms with van der Waals surface area (Å²) in [5.41, 5.74) is 0.641. The number of hydrogen-bond acceptors (Lipinski definition) is 6. The summed E-state index contributed by atoms with van der Waals surface area (Å²) < 4.78 is 12.8. The Balaban J connectivity index is 1.93. The van der Waals surface area contributed by atoms with Gasteiger partial charge in [-0.05, 0) is 30.3 Å². The number of rotatable bonds is 2. The summed E-state index contributed by atoms with van der Waals surface area (Å²) >= 11 is 0. The van der Waals surface area contributed by atoms with Crippen LogP contribution in [0.4, 0.5) is 4.39 Å². The first-order valence-electron chi connectivity index (χ1n) is 5.44. The first-order chi connectivity index (χ1) is 9.33. The minimum absolute atomic E-state index is 0.242. The van der Waals surface area contributed by atoms with Crippen LogP contribution in [0.5, 0.6) is 0 Å². The van der Waals surface area contributed by atoms with Crippen LogP contribution in [0.25, 0.3) is 23.0 Å². The number of aromatic nitrogens is 6. The third kappa shape index (κ3) is 2.39. The fourth-order valence-corrected chi connectivity index (χ4v) is 1.45. The minimum Gasteiger partial charge on any atom is -0.234 e. The van der Waals surface area contributed by atoms with Crippen LogP contribution < -0.4 is 0 Å². The summed E-state index contributed by atoms with van der Waals surface area (Å²) in [4.78, 5) is 7.99. The molecule has 92 valence electrons. The molecule has 3 aromatic rings.